The number of hydrogen-bond donors (Lipinski definition) is 1. The van der Waals surface area contributed by atoms with Crippen LogP contribution in [0.25, 0.3) is 0 Å². The Morgan fingerprint density at radius 2 is 1.73 bits per heavy atom. The van der Waals surface area contributed by atoms with Crippen LogP contribution in [0.5, 0.6) is 0 Å². The zero-order chi connectivity index (χ0) is 9.44. The van der Waals surface area contributed by atoms with Gasteiger partial charge in [-0.05, 0) is 4.20 Å². The smallest absolute Gasteiger partial charge is 0.372 e. The van der Waals surface area contributed by atoms with E-state index in [0.717, 1.165) is 0 Å². The molecule has 0 spiro atoms. The van der Waals surface area contributed by atoms with Crippen molar-refractivity contribution in [2.75, 3.05) is 0 Å². The van der Waals surface area contributed by atoms with Crippen molar-refractivity contribution < 1.29 is 37.0 Å². The first kappa shape index (κ1) is 13.3. The second-order valence-corrected chi connectivity index (χ2v) is 2.38. The van der Waals surface area contributed by atoms with Crippen molar-refractivity contribution in [3.05, 3.63) is 0 Å². The van der Waals surface area contributed by atoms with E-state index in [2.05, 4.69) is 0 Å². The van der Waals surface area contributed by atoms with Crippen molar-refractivity contribution in [1.82, 2.24) is 0 Å². The fourth-order valence-electron chi connectivity index (χ4n) is 0.249. The van der Waals surface area contributed by atoms with Gasteiger partial charge in [0, 0.05) is 13.3 Å². The van der Waals surface area contributed by atoms with Crippen LogP contribution in [0.2, 0.25) is 0 Å². The highest BCUT2D eigenvalue weighted by Gasteiger charge is 2.00. The average molecular weight is 229 g/mol. The molecular formula is C5H9BrO5. The summed E-state index contributed by atoms with van der Waals surface area (Å²) < 4.78 is 24.3. The molecule has 5 nitrogen and oxygen atoms in total. The van der Waals surface area contributed by atoms with Crippen LogP contribution >= 0.6 is 0 Å². The highest BCUT2D eigenvalue weighted by Crippen LogP contribution is 1.79. The fraction of sp³-hybridized carbons (Fsp3) is 0.600. The molecule has 0 aliphatic carbocycles. The summed E-state index contributed by atoms with van der Waals surface area (Å²) in [5, 5.41) is 0. The lowest BCUT2D eigenvalue weighted by molar-refractivity contribution is -1.63. The summed E-state index contributed by atoms with van der Waals surface area (Å²) in [6.45, 7) is 2.95. The Labute approximate surface area is 69.5 Å². The van der Waals surface area contributed by atoms with E-state index in [9.17, 15) is 9.59 Å². The zero-order valence-electron chi connectivity index (χ0n) is 6.17. The Hall–Kier alpha value is -0.300. The molecular weight excluding hydrogens is 220 g/mol. The molecule has 0 atom stereocenters. The molecule has 0 fully saturated rings. The molecule has 6 heteroatoms. The number of rotatable bonds is 2. The minimum Gasteiger partial charge on any atom is -0.372 e. The molecule has 66 valence electrons. The van der Waals surface area contributed by atoms with Gasteiger partial charge in [-0.1, -0.05) is 6.92 Å². The Kier molecular flexibility index (Phi) is 9.44. The van der Waals surface area contributed by atoms with Crippen molar-refractivity contribution >= 4 is 11.6 Å². The first-order chi connectivity index (χ1) is 4.91. The van der Waals surface area contributed by atoms with Crippen molar-refractivity contribution in [3.8, 4) is 0 Å². The molecule has 0 radical (unpaired) electrons. The van der Waals surface area contributed by atoms with Crippen LogP contribution < -0.4 is 8.40 Å². The van der Waals surface area contributed by atoms with E-state index in [-0.39, 0.29) is 11.6 Å². The van der Waals surface area contributed by atoms with E-state index in [1.165, 1.54) is 6.92 Å². The lowest BCUT2D eigenvalue weighted by atomic mass is 10.2. The Balaban J connectivity index is 0. The van der Waals surface area contributed by atoms with Crippen LogP contribution in [0.4, 0.5) is 0 Å². The molecule has 0 amide bonds. The third kappa shape index (κ3) is 17.7. The molecule has 0 aromatic carbocycles. The van der Waals surface area contributed by atoms with Crippen molar-refractivity contribution in [2.24, 2.45) is 0 Å². The number of halogens is 1. The molecule has 0 saturated heterocycles. The quantitative estimate of drug-likeness (QED) is 0.533. The van der Waals surface area contributed by atoms with Gasteiger partial charge in [-0.2, -0.15) is 0 Å². The third-order valence-corrected chi connectivity index (χ3v) is 0.714. The highest BCUT2D eigenvalue weighted by molar-refractivity contribution is 6.36. The topological polar surface area (TPSA) is 100 Å². The van der Waals surface area contributed by atoms with Crippen LogP contribution in [0.1, 0.15) is 20.3 Å². The molecule has 0 aromatic rings. The Bertz CT molecular complexity index is 130. The second kappa shape index (κ2) is 7.80. The zero-order valence-corrected chi connectivity index (χ0v) is 7.75. The van der Waals surface area contributed by atoms with Gasteiger partial charge in [0.05, 0.1) is 0 Å². The average Bonchev–Trinajstić information content (AvgIpc) is 1.85. The van der Waals surface area contributed by atoms with E-state index in [1.807, 2.05) is 0 Å². The van der Waals surface area contributed by atoms with E-state index in [0.29, 0.717) is 6.42 Å². The number of carbonyl (C=O) groups excluding carboxylic acids is 2. The predicted octanol–water partition coefficient (Wildman–Crippen LogP) is -2.38. The van der Waals surface area contributed by atoms with Gasteiger partial charge in [0.25, 0.3) is 0 Å². The largest absolute Gasteiger partial charge is 0.433 e. The standard InChI is InChI=1S/C5H8O2.BrHO3/c1-3-5(7)4(2)6;2-1(3)4/h3H2,1-2H3;2H. The van der Waals surface area contributed by atoms with Gasteiger partial charge in [0.1, 0.15) is 0 Å². The Morgan fingerprint density at radius 1 is 1.45 bits per heavy atom. The van der Waals surface area contributed by atoms with Crippen LogP contribution in [0, 0.1) is 14.8 Å². The second-order valence-electron chi connectivity index (χ2n) is 1.53. The van der Waals surface area contributed by atoms with E-state index >= 15 is 0 Å². The maximum absolute atomic E-state index is 10.2. The monoisotopic (exact) mass is 228 g/mol. The molecule has 0 rings (SSSR count). The summed E-state index contributed by atoms with van der Waals surface area (Å²) in [4.78, 5) is 20.2. The van der Waals surface area contributed by atoms with Gasteiger partial charge >= 0.3 is 14.8 Å². The summed E-state index contributed by atoms with van der Waals surface area (Å²) in [7, 11) is 0. The maximum atomic E-state index is 10.2. The molecule has 0 aromatic heterocycles. The third-order valence-electron chi connectivity index (χ3n) is 0.714. The summed E-state index contributed by atoms with van der Waals surface area (Å²) in [5.74, 6) is -0.637. The first-order valence-electron chi connectivity index (χ1n) is 2.70. The van der Waals surface area contributed by atoms with Crippen LogP contribution in [0.15, 0.2) is 0 Å². The van der Waals surface area contributed by atoms with Crippen molar-refractivity contribution in [1.29, 1.82) is 0 Å². The summed E-state index contributed by atoms with van der Waals surface area (Å²) in [5.41, 5.74) is 0. The summed E-state index contributed by atoms with van der Waals surface area (Å²) in [6, 6.07) is 0. The molecule has 11 heavy (non-hydrogen) atoms. The minimum atomic E-state index is -3.40. The molecule has 0 aliphatic rings. The lowest BCUT2D eigenvalue weighted by Gasteiger charge is -1.81. The molecule has 1 N–H and O–H groups in total. The van der Waals surface area contributed by atoms with Crippen molar-refractivity contribution in [3.63, 3.8) is 0 Å². The minimum absolute atomic E-state index is 0.292. The summed E-state index contributed by atoms with van der Waals surface area (Å²) >= 11 is -3.40. The van der Waals surface area contributed by atoms with Crippen LogP contribution in [0.3, 0.4) is 0 Å². The van der Waals surface area contributed by atoms with Crippen molar-refractivity contribution in [2.45, 2.75) is 20.3 Å². The fourth-order valence-corrected chi connectivity index (χ4v) is 0.249. The van der Waals surface area contributed by atoms with Gasteiger partial charge in [0.2, 0.25) is 0 Å². The molecule has 0 aliphatic heterocycles. The molecule has 0 unspecified atom stereocenters. The molecule has 0 heterocycles. The SMILES string of the molecule is CCC(=O)C(C)=O.[O-][Br+2]([O-])O. The first-order valence-corrected chi connectivity index (χ1v) is 4.70. The van der Waals surface area contributed by atoms with Gasteiger partial charge in [-0.15, -0.1) is 0 Å². The van der Waals surface area contributed by atoms with Gasteiger partial charge in [-0.25, -0.2) is 0 Å². The molecule has 0 saturated carbocycles. The van der Waals surface area contributed by atoms with Crippen LogP contribution in [-0.2, 0) is 9.59 Å². The van der Waals surface area contributed by atoms with Gasteiger partial charge in [0.15, 0.2) is 11.6 Å². The van der Waals surface area contributed by atoms with E-state index in [4.69, 9.17) is 12.6 Å². The number of hydrogen-bond acceptors (Lipinski definition) is 5. The maximum Gasteiger partial charge on any atom is 0.433 e. The van der Waals surface area contributed by atoms with Crippen LogP contribution in [-0.4, -0.2) is 15.8 Å². The number of ketones is 2. The van der Waals surface area contributed by atoms with Gasteiger partial charge < -0.3 is 8.40 Å². The Morgan fingerprint density at radius 3 is 1.73 bits per heavy atom. The normalized spacial score (nSPS) is 8.55. The summed E-state index contributed by atoms with van der Waals surface area (Å²) in [6.07, 6.45) is 0.329. The highest BCUT2D eigenvalue weighted by atomic mass is 80.0. The van der Waals surface area contributed by atoms with E-state index < -0.39 is 14.8 Å². The van der Waals surface area contributed by atoms with Gasteiger partial charge in [-0.3, -0.25) is 9.59 Å². The lowest BCUT2D eigenvalue weighted by Crippen LogP contribution is -2.30. The molecule has 0 bridgehead atoms. The predicted molar refractivity (Wildman–Crippen MR) is 28.2 cm³/mol. The number of Topliss-reactive ketones (excluding diaryl/α,β-unsaturated/α-hetero) is 2. The van der Waals surface area contributed by atoms with E-state index in [1.54, 1.807) is 6.92 Å². The number of carbonyl (C=O) groups is 2.